The quantitative estimate of drug-likeness (QED) is 0.356. The standard InChI is InChI=1S/C15H26O3/c1-3-5-7-9-12(10-8-6-4-2)13-11-14(16)18-15(13)17/h12-13H,3-11H2,1-2H3. The van der Waals surface area contributed by atoms with E-state index in [1.54, 1.807) is 0 Å². The maximum atomic E-state index is 11.6. The molecule has 1 unspecified atom stereocenters. The summed E-state index contributed by atoms with van der Waals surface area (Å²) in [6.45, 7) is 4.36. The molecule has 1 saturated heterocycles. The lowest BCUT2D eigenvalue weighted by Crippen LogP contribution is -2.19. The molecule has 0 bridgehead atoms. The topological polar surface area (TPSA) is 43.4 Å². The number of esters is 2. The molecule has 0 spiro atoms. The molecule has 0 radical (unpaired) electrons. The smallest absolute Gasteiger partial charge is 0.317 e. The average molecular weight is 254 g/mol. The van der Waals surface area contributed by atoms with E-state index in [9.17, 15) is 9.59 Å². The van der Waals surface area contributed by atoms with Crippen molar-refractivity contribution in [1.29, 1.82) is 0 Å². The van der Waals surface area contributed by atoms with Crippen molar-refractivity contribution in [3.8, 4) is 0 Å². The van der Waals surface area contributed by atoms with E-state index in [2.05, 4.69) is 18.6 Å². The first-order valence-electron chi connectivity index (χ1n) is 7.43. The monoisotopic (exact) mass is 254 g/mol. The van der Waals surface area contributed by atoms with Gasteiger partial charge in [-0.05, 0) is 18.8 Å². The molecule has 0 aromatic carbocycles. The summed E-state index contributed by atoms with van der Waals surface area (Å²) in [6.07, 6.45) is 9.54. The van der Waals surface area contributed by atoms with Crippen molar-refractivity contribution >= 4 is 11.9 Å². The highest BCUT2D eigenvalue weighted by Crippen LogP contribution is 2.32. The van der Waals surface area contributed by atoms with E-state index >= 15 is 0 Å². The normalized spacial score (nSPS) is 19.6. The summed E-state index contributed by atoms with van der Waals surface area (Å²) in [5.74, 6) is -0.424. The number of cyclic esters (lactones) is 2. The van der Waals surface area contributed by atoms with Crippen molar-refractivity contribution in [2.45, 2.75) is 71.6 Å². The number of hydrogen-bond donors (Lipinski definition) is 0. The van der Waals surface area contributed by atoms with Crippen molar-refractivity contribution in [3.05, 3.63) is 0 Å². The molecule has 0 amide bonds. The number of ether oxygens (including phenoxy) is 1. The van der Waals surface area contributed by atoms with Gasteiger partial charge in [-0.2, -0.15) is 0 Å². The van der Waals surface area contributed by atoms with Gasteiger partial charge in [0, 0.05) is 0 Å². The second-order valence-electron chi connectivity index (χ2n) is 5.36. The van der Waals surface area contributed by atoms with E-state index in [0.29, 0.717) is 12.3 Å². The number of rotatable bonds is 9. The van der Waals surface area contributed by atoms with Gasteiger partial charge in [0.1, 0.15) is 0 Å². The van der Waals surface area contributed by atoms with E-state index in [1.165, 1.54) is 25.7 Å². The molecule has 3 heteroatoms. The Kier molecular flexibility index (Phi) is 6.99. The molecular weight excluding hydrogens is 228 g/mol. The van der Waals surface area contributed by atoms with Crippen LogP contribution in [0.3, 0.4) is 0 Å². The van der Waals surface area contributed by atoms with Crippen LogP contribution in [0.15, 0.2) is 0 Å². The third-order valence-electron chi connectivity index (χ3n) is 3.83. The van der Waals surface area contributed by atoms with Crippen LogP contribution in [-0.2, 0) is 14.3 Å². The highest BCUT2D eigenvalue weighted by Gasteiger charge is 2.38. The van der Waals surface area contributed by atoms with Gasteiger partial charge in [-0.25, -0.2) is 0 Å². The molecule has 104 valence electrons. The molecule has 1 heterocycles. The number of carbonyl (C=O) groups is 2. The predicted molar refractivity (Wildman–Crippen MR) is 71.0 cm³/mol. The van der Waals surface area contributed by atoms with Crippen LogP contribution in [0, 0.1) is 11.8 Å². The molecule has 0 N–H and O–H groups in total. The van der Waals surface area contributed by atoms with Gasteiger partial charge in [0.05, 0.1) is 12.3 Å². The highest BCUT2D eigenvalue weighted by atomic mass is 16.6. The molecular formula is C15H26O3. The minimum atomic E-state index is -0.332. The zero-order valence-corrected chi connectivity index (χ0v) is 11.7. The molecule has 1 atom stereocenters. The summed E-state index contributed by atoms with van der Waals surface area (Å²) in [5, 5.41) is 0. The average Bonchev–Trinajstić information content (AvgIpc) is 2.67. The molecule has 0 saturated carbocycles. The molecule has 1 aliphatic heterocycles. The van der Waals surface area contributed by atoms with E-state index in [1.807, 2.05) is 0 Å². The minimum Gasteiger partial charge on any atom is -0.393 e. The Bertz CT molecular complexity index is 263. The summed E-state index contributed by atoms with van der Waals surface area (Å²) >= 11 is 0. The van der Waals surface area contributed by atoms with Gasteiger partial charge in [0.2, 0.25) is 0 Å². The molecule has 18 heavy (non-hydrogen) atoms. The molecule has 0 aliphatic carbocycles. The van der Waals surface area contributed by atoms with Crippen LogP contribution in [-0.4, -0.2) is 11.9 Å². The number of hydrogen-bond acceptors (Lipinski definition) is 3. The molecule has 0 aromatic rings. The molecule has 1 aliphatic rings. The third kappa shape index (κ3) is 4.79. The number of carbonyl (C=O) groups excluding carboxylic acids is 2. The second kappa shape index (κ2) is 8.28. The lowest BCUT2D eigenvalue weighted by Gasteiger charge is -2.20. The van der Waals surface area contributed by atoms with E-state index in [0.717, 1.165) is 25.7 Å². The van der Waals surface area contributed by atoms with Crippen LogP contribution < -0.4 is 0 Å². The van der Waals surface area contributed by atoms with E-state index in [-0.39, 0.29) is 17.9 Å². The Balaban J connectivity index is 2.47. The summed E-state index contributed by atoms with van der Waals surface area (Å²) < 4.78 is 4.69. The fraction of sp³-hybridized carbons (Fsp3) is 0.867. The number of unbranched alkanes of at least 4 members (excludes halogenated alkanes) is 4. The van der Waals surface area contributed by atoms with E-state index in [4.69, 9.17) is 0 Å². The summed E-state index contributed by atoms with van der Waals surface area (Å²) in [7, 11) is 0. The van der Waals surface area contributed by atoms with Crippen LogP contribution in [0.25, 0.3) is 0 Å². The van der Waals surface area contributed by atoms with Crippen molar-refractivity contribution in [3.63, 3.8) is 0 Å². The maximum Gasteiger partial charge on any atom is 0.317 e. The Morgan fingerprint density at radius 2 is 1.61 bits per heavy atom. The lowest BCUT2D eigenvalue weighted by molar-refractivity contribution is -0.153. The second-order valence-corrected chi connectivity index (χ2v) is 5.36. The van der Waals surface area contributed by atoms with Crippen LogP contribution in [0.1, 0.15) is 71.6 Å². The zero-order valence-electron chi connectivity index (χ0n) is 11.7. The highest BCUT2D eigenvalue weighted by molar-refractivity contribution is 5.94. The van der Waals surface area contributed by atoms with Crippen molar-refractivity contribution in [2.24, 2.45) is 11.8 Å². The van der Waals surface area contributed by atoms with Gasteiger partial charge in [-0.1, -0.05) is 52.4 Å². The van der Waals surface area contributed by atoms with Crippen molar-refractivity contribution in [1.82, 2.24) is 0 Å². The van der Waals surface area contributed by atoms with Crippen molar-refractivity contribution < 1.29 is 14.3 Å². The van der Waals surface area contributed by atoms with Gasteiger partial charge < -0.3 is 4.74 Å². The first-order chi connectivity index (χ1) is 8.69. The third-order valence-corrected chi connectivity index (χ3v) is 3.83. The Labute approximate surface area is 110 Å². The van der Waals surface area contributed by atoms with Gasteiger partial charge in [0.25, 0.3) is 0 Å². The lowest BCUT2D eigenvalue weighted by atomic mass is 9.83. The van der Waals surface area contributed by atoms with Crippen LogP contribution in [0.2, 0.25) is 0 Å². The first-order valence-corrected chi connectivity index (χ1v) is 7.43. The summed E-state index contributed by atoms with van der Waals surface area (Å²) in [6, 6.07) is 0. The fourth-order valence-electron chi connectivity index (χ4n) is 2.71. The van der Waals surface area contributed by atoms with Gasteiger partial charge in [-0.15, -0.1) is 0 Å². The summed E-state index contributed by atoms with van der Waals surface area (Å²) in [4.78, 5) is 22.8. The maximum absolute atomic E-state index is 11.6. The van der Waals surface area contributed by atoms with E-state index < -0.39 is 0 Å². The molecule has 1 fully saturated rings. The Morgan fingerprint density at radius 3 is 2.00 bits per heavy atom. The van der Waals surface area contributed by atoms with Crippen LogP contribution in [0.4, 0.5) is 0 Å². The SMILES string of the molecule is CCCCCC(CCCCC)C1CC(=O)OC1=O. The van der Waals surface area contributed by atoms with Gasteiger partial charge in [-0.3, -0.25) is 9.59 Å². The fourth-order valence-corrected chi connectivity index (χ4v) is 2.71. The summed E-state index contributed by atoms with van der Waals surface area (Å²) in [5.41, 5.74) is 0. The molecule has 0 aromatic heterocycles. The molecule has 1 rings (SSSR count). The zero-order chi connectivity index (χ0) is 13.4. The minimum absolute atomic E-state index is 0.161. The van der Waals surface area contributed by atoms with Crippen LogP contribution >= 0.6 is 0 Å². The van der Waals surface area contributed by atoms with Gasteiger partial charge >= 0.3 is 11.9 Å². The van der Waals surface area contributed by atoms with Crippen molar-refractivity contribution in [2.75, 3.05) is 0 Å². The largest absolute Gasteiger partial charge is 0.393 e. The Morgan fingerprint density at radius 1 is 1.06 bits per heavy atom. The Hall–Kier alpha value is -0.860. The molecule has 3 nitrogen and oxygen atoms in total. The first kappa shape index (κ1) is 15.2. The van der Waals surface area contributed by atoms with Crippen LogP contribution in [0.5, 0.6) is 0 Å². The predicted octanol–water partition coefficient (Wildman–Crippen LogP) is 3.85. The van der Waals surface area contributed by atoms with Gasteiger partial charge in [0.15, 0.2) is 0 Å².